The molecule has 1 atom stereocenters. The highest BCUT2D eigenvalue weighted by atomic mass is 19.4. The van der Waals surface area contributed by atoms with Crippen LogP contribution >= 0.6 is 0 Å². The Morgan fingerprint density at radius 1 is 1.03 bits per heavy atom. The van der Waals surface area contributed by atoms with Gasteiger partial charge in [0.1, 0.15) is 11.3 Å². The SMILES string of the molecule is C[C@H](NC(=O)c1ccc2c(c1)c1nn(C)cc1c(=O)n2-c1ccc(C(F)(F)F)cc1)c1cccc(N(C)C)n1. The van der Waals surface area contributed by atoms with Crippen molar-refractivity contribution in [3.05, 3.63) is 94.0 Å². The van der Waals surface area contributed by atoms with Crippen molar-refractivity contribution in [3.8, 4) is 5.69 Å². The van der Waals surface area contributed by atoms with Crippen molar-refractivity contribution in [2.45, 2.75) is 19.1 Å². The summed E-state index contributed by atoms with van der Waals surface area (Å²) in [5.41, 5.74) is 0.857. The number of hydrogen-bond acceptors (Lipinski definition) is 5. The molecular weight excluding hydrogens is 509 g/mol. The third-order valence-corrected chi connectivity index (χ3v) is 6.48. The maximum atomic E-state index is 13.4. The van der Waals surface area contributed by atoms with Crippen LogP contribution in [-0.4, -0.2) is 39.3 Å². The third-order valence-electron chi connectivity index (χ3n) is 6.48. The Kier molecular flexibility index (Phi) is 6.37. The number of hydrogen-bond donors (Lipinski definition) is 1. The van der Waals surface area contributed by atoms with Crippen LogP contribution in [0.5, 0.6) is 0 Å². The van der Waals surface area contributed by atoms with Gasteiger partial charge in [0.25, 0.3) is 11.5 Å². The van der Waals surface area contributed by atoms with Gasteiger partial charge < -0.3 is 10.2 Å². The molecule has 0 aliphatic heterocycles. The Morgan fingerprint density at radius 3 is 2.41 bits per heavy atom. The lowest BCUT2D eigenvalue weighted by atomic mass is 10.1. The summed E-state index contributed by atoms with van der Waals surface area (Å²) < 4.78 is 42.2. The Hall–Kier alpha value is -4.67. The molecule has 0 radical (unpaired) electrons. The molecule has 2 aromatic carbocycles. The van der Waals surface area contributed by atoms with Gasteiger partial charge in [0.2, 0.25) is 0 Å². The first-order valence-electron chi connectivity index (χ1n) is 12.1. The predicted molar refractivity (Wildman–Crippen MR) is 143 cm³/mol. The van der Waals surface area contributed by atoms with Crippen LogP contribution in [0.2, 0.25) is 0 Å². The Balaban J connectivity index is 1.58. The van der Waals surface area contributed by atoms with Crippen molar-refractivity contribution in [1.82, 2.24) is 24.6 Å². The minimum Gasteiger partial charge on any atom is -0.363 e. The smallest absolute Gasteiger partial charge is 0.363 e. The summed E-state index contributed by atoms with van der Waals surface area (Å²) in [5, 5.41) is 8.17. The highest BCUT2D eigenvalue weighted by Crippen LogP contribution is 2.31. The highest BCUT2D eigenvalue weighted by molar-refractivity contribution is 6.07. The van der Waals surface area contributed by atoms with Gasteiger partial charge >= 0.3 is 6.18 Å². The lowest BCUT2D eigenvalue weighted by Gasteiger charge is -2.17. The number of fused-ring (bicyclic) bond motifs is 3. The summed E-state index contributed by atoms with van der Waals surface area (Å²) in [7, 11) is 5.43. The van der Waals surface area contributed by atoms with Crippen LogP contribution in [0.15, 0.2) is 71.7 Å². The molecule has 0 saturated carbocycles. The van der Waals surface area contributed by atoms with Gasteiger partial charge in [0.05, 0.1) is 28.2 Å². The Labute approximate surface area is 221 Å². The third kappa shape index (κ3) is 4.83. The fourth-order valence-electron chi connectivity index (χ4n) is 4.48. The minimum absolute atomic E-state index is 0.265. The number of benzene rings is 2. The molecule has 39 heavy (non-hydrogen) atoms. The molecule has 8 nitrogen and oxygen atoms in total. The van der Waals surface area contributed by atoms with Crippen molar-refractivity contribution in [2.75, 3.05) is 19.0 Å². The lowest BCUT2D eigenvalue weighted by molar-refractivity contribution is -0.137. The van der Waals surface area contributed by atoms with Gasteiger partial charge in [-0.25, -0.2) is 4.98 Å². The number of pyridine rings is 2. The quantitative estimate of drug-likeness (QED) is 0.349. The summed E-state index contributed by atoms with van der Waals surface area (Å²) in [6, 6.07) is 14.4. The zero-order chi connectivity index (χ0) is 28.1. The molecule has 5 aromatic rings. The van der Waals surface area contributed by atoms with Gasteiger partial charge in [-0.3, -0.25) is 18.8 Å². The van der Waals surface area contributed by atoms with Gasteiger partial charge in [-0.1, -0.05) is 6.07 Å². The number of carbonyl (C=O) groups excluding carboxylic acids is 1. The van der Waals surface area contributed by atoms with Crippen LogP contribution < -0.4 is 15.8 Å². The number of aromatic nitrogens is 4. The second-order valence-electron chi connectivity index (χ2n) is 9.49. The maximum absolute atomic E-state index is 13.4. The van der Waals surface area contributed by atoms with E-state index in [-0.39, 0.29) is 23.0 Å². The van der Waals surface area contributed by atoms with Gasteiger partial charge in [0, 0.05) is 44.0 Å². The molecule has 5 rings (SSSR count). The second kappa shape index (κ2) is 9.57. The average Bonchev–Trinajstić information content (AvgIpc) is 3.30. The number of carbonyl (C=O) groups is 1. The standard InChI is InChI=1S/C28H25F3N6O2/c1-16(22-6-5-7-24(33-22)35(2)3)32-26(38)17-8-13-23-20(14-17)25-21(15-36(4)34-25)27(39)37(23)19-11-9-18(10-12-19)28(29,30)31/h5-16H,1-4H3,(H,32,38)/t16-/m0/s1. The molecule has 0 aliphatic rings. The van der Waals surface area contributed by atoms with Gasteiger partial charge in [-0.15, -0.1) is 0 Å². The topological polar surface area (TPSA) is 85.0 Å². The minimum atomic E-state index is -4.50. The number of rotatable bonds is 5. The van der Waals surface area contributed by atoms with Gasteiger partial charge in [0.15, 0.2) is 0 Å². The zero-order valence-electron chi connectivity index (χ0n) is 21.6. The average molecular weight is 535 g/mol. The fourth-order valence-corrected chi connectivity index (χ4v) is 4.48. The number of alkyl halides is 3. The molecule has 0 spiro atoms. The molecule has 0 unspecified atom stereocenters. The van der Waals surface area contributed by atoms with Crippen LogP contribution in [0, 0.1) is 0 Å². The molecule has 11 heteroatoms. The first-order valence-corrected chi connectivity index (χ1v) is 12.1. The van der Waals surface area contributed by atoms with E-state index in [2.05, 4.69) is 15.4 Å². The largest absolute Gasteiger partial charge is 0.416 e. The lowest BCUT2D eigenvalue weighted by Crippen LogP contribution is -2.27. The van der Waals surface area contributed by atoms with Crippen molar-refractivity contribution in [2.24, 2.45) is 7.05 Å². The first-order chi connectivity index (χ1) is 18.4. The van der Waals surface area contributed by atoms with Crippen LogP contribution in [-0.2, 0) is 13.2 Å². The fraction of sp³-hybridized carbons (Fsp3) is 0.214. The van der Waals surface area contributed by atoms with E-state index >= 15 is 0 Å². The summed E-state index contributed by atoms with van der Waals surface area (Å²) in [6.07, 6.45) is -2.95. The van der Waals surface area contributed by atoms with Crippen molar-refractivity contribution < 1.29 is 18.0 Å². The van der Waals surface area contributed by atoms with Crippen molar-refractivity contribution >= 4 is 33.5 Å². The van der Waals surface area contributed by atoms with Crippen LogP contribution in [0.3, 0.4) is 0 Å². The zero-order valence-corrected chi connectivity index (χ0v) is 21.6. The summed E-state index contributed by atoms with van der Waals surface area (Å²) >= 11 is 0. The van der Waals surface area contributed by atoms with Gasteiger partial charge in [-0.05, 0) is 61.5 Å². The number of aryl methyl sites for hydroxylation is 1. The van der Waals surface area contributed by atoms with Crippen molar-refractivity contribution in [3.63, 3.8) is 0 Å². The second-order valence-corrected chi connectivity index (χ2v) is 9.49. The number of nitrogens with zero attached hydrogens (tertiary/aromatic N) is 5. The summed E-state index contributed by atoms with van der Waals surface area (Å²) in [5.74, 6) is 0.413. The molecule has 1 amide bonds. The molecule has 200 valence electrons. The molecule has 0 fully saturated rings. The molecule has 3 aromatic heterocycles. The Morgan fingerprint density at radius 2 is 1.74 bits per heavy atom. The normalized spacial score (nSPS) is 12.6. The summed E-state index contributed by atoms with van der Waals surface area (Å²) in [6.45, 7) is 1.83. The Bertz CT molecular complexity index is 1770. The molecule has 0 saturated heterocycles. The van der Waals surface area contributed by atoms with E-state index < -0.39 is 17.3 Å². The van der Waals surface area contributed by atoms with E-state index in [0.717, 1.165) is 18.0 Å². The molecule has 0 bridgehead atoms. The molecule has 0 aliphatic carbocycles. The molecular formula is C28H25F3N6O2. The van der Waals surface area contributed by atoms with Crippen LogP contribution in [0.1, 0.15) is 34.6 Å². The van der Waals surface area contributed by atoms with E-state index in [1.54, 1.807) is 31.4 Å². The van der Waals surface area contributed by atoms with Crippen molar-refractivity contribution in [1.29, 1.82) is 0 Å². The number of anilines is 1. The number of halogens is 3. The van der Waals surface area contributed by atoms with E-state index in [9.17, 15) is 22.8 Å². The van der Waals surface area contributed by atoms with E-state index in [4.69, 9.17) is 0 Å². The monoisotopic (exact) mass is 534 g/mol. The van der Waals surface area contributed by atoms with E-state index in [1.807, 2.05) is 44.1 Å². The number of nitrogens with one attached hydrogen (secondary N) is 1. The highest BCUT2D eigenvalue weighted by Gasteiger charge is 2.30. The van der Waals surface area contributed by atoms with Crippen LogP contribution in [0.25, 0.3) is 27.5 Å². The first kappa shape index (κ1) is 26.0. The molecule has 1 N–H and O–H groups in total. The predicted octanol–water partition coefficient (Wildman–Crippen LogP) is 4.85. The molecule has 3 heterocycles. The summed E-state index contributed by atoms with van der Waals surface area (Å²) in [4.78, 5) is 33.1. The van der Waals surface area contributed by atoms with E-state index in [0.29, 0.717) is 27.7 Å². The maximum Gasteiger partial charge on any atom is 0.416 e. The van der Waals surface area contributed by atoms with E-state index in [1.165, 1.54) is 21.4 Å². The van der Waals surface area contributed by atoms with Gasteiger partial charge in [-0.2, -0.15) is 18.3 Å². The number of amides is 1. The van der Waals surface area contributed by atoms with Crippen LogP contribution in [0.4, 0.5) is 19.0 Å².